The molecule has 0 aromatic carbocycles. The maximum Gasteiger partial charge on any atom is 0.276 e. The van der Waals surface area contributed by atoms with Crippen molar-refractivity contribution in [1.29, 1.82) is 0 Å². The van der Waals surface area contributed by atoms with Crippen molar-refractivity contribution < 1.29 is 13.2 Å². The number of nitrogens with one attached hydrogen (secondary N) is 2. The number of nitrogens with zero attached hydrogens (tertiary/aromatic N) is 2. The number of hydrogen-bond acceptors (Lipinski definition) is 5. The zero-order chi connectivity index (χ0) is 18.4. The van der Waals surface area contributed by atoms with E-state index in [4.69, 9.17) is 0 Å². The van der Waals surface area contributed by atoms with Crippen LogP contribution in [-0.2, 0) is 29.9 Å². The van der Waals surface area contributed by atoms with E-state index in [0.29, 0.717) is 22.2 Å². The summed E-state index contributed by atoms with van der Waals surface area (Å²) >= 11 is 1.44. The van der Waals surface area contributed by atoms with Crippen LogP contribution >= 0.6 is 11.3 Å². The molecular formula is C16H22N4O3S2. The van der Waals surface area contributed by atoms with Crippen molar-refractivity contribution in [2.24, 2.45) is 13.0 Å². The highest BCUT2D eigenvalue weighted by Gasteiger charge is 2.25. The topological polar surface area (TPSA) is 93.1 Å². The van der Waals surface area contributed by atoms with E-state index in [1.807, 2.05) is 6.07 Å². The van der Waals surface area contributed by atoms with E-state index in [0.717, 1.165) is 19.3 Å². The number of amides is 1. The molecule has 2 aromatic heterocycles. The molecule has 25 heavy (non-hydrogen) atoms. The first-order chi connectivity index (χ1) is 11.7. The minimum absolute atomic E-state index is 0.0922. The first kappa shape index (κ1) is 18.1. The summed E-state index contributed by atoms with van der Waals surface area (Å²) in [4.78, 5) is 16.4. The summed E-state index contributed by atoms with van der Waals surface area (Å²) in [7, 11) is -2.20. The first-order valence-electron chi connectivity index (χ1n) is 8.13. The van der Waals surface area contributed by atoms with Gasteiger partial charge in [-0.05, 0) is 50.7 Å². The normalized spacial score (nSPS) is 17.4. The molecule has 0 saturated carbocycles. The fourth-order valence-electron chi connectivity index (χ4n) is 3.19. The van der Waals surface area contributed by atoms with Gasteiger partial charge in [-0.25, -0.2) is 8.42 Å². The zero-order valence-electron chi connectivity index (χ0n) is 14.7. The molecule has 2 heterocycles. The number of aromatic nitrogens is 2. The van der Waals surface area contributed by atoms with Crippen LogP contribution < -0.4 is 10.3 Å². The molecule has 7 nitrogen and oxygen atoms in total. The van der Waals surface area contributed by atoms with Crippen molar-refractivity contribution in [2.75, 3.05) is 0 Å². The lowest BCUT2D eigenvalue weighted by molar-refractivity contribution is 0.0949. The van der Waals surface area contributed by atoms with Crippen molar-refractivity contribution in [1.82, 2.24) is 20.0 Å². The van der Waals surface area contributed by atoms with Crippen molar-refractivity contribution >= 4 is 27.3 Å². The molecule has 0 unspecified atom stereocenters. The number of carbonyl (C=O) groups excluding carboxylic acids is 1. The monoisotopic (exact) mass is 382 g/mol. The molecule has 136 valence electrons. The summed E-state index contributed by atoms with van der Waals surface area (Å²) < 4.78 is 26.5. The lowest BCUT2D eigenvalue weighted by Gasteiger charge is -2.16. The van der Waals surface area contributed by atoms with E-state index in [-0.39, 0.29) is 4.90 Å². The predicted octanol–water partition coefficient (Wildman–Crippen LogP) is 1.85. The second-order valence-corrected chi connectivity index (χ2v) is 9.35. The molecule has 2 aromatic rings. The van der Waals surface area contributed by atoms with Gasteiger partial charge in [0, 0.05) is 11.9 Å². The number of rotatable bonds is 4. The Morgan fingerprint density at radius 3 is 2.76 bits per heavy atom. The summed E-state index contributed by atoms with van der Waals surface area (Å²) in [5.74, 6) is 0.183. The first-order valence-corrected chi connectivity index (χ1v) is 10.4. The average Bonchev–Trinajstić information content (AvgIpc) is 3.05. The summed E-state index contributed by atoms with van der Waals surface area (Å²) in [6, 6.07) is 1.87. The summed E-state index contributed by atoms with van der Waals surface area (Å²) in [5.41, 5.74) is 4.43. The van der Waals surface area contributed by atoms with E-state index < -0.39 is 15.9 Å². The number of hydrazine groups is 1. The quantitative estimate of drug-likeness (QED) is 0.789. The predicted molar refractivity (Wildman–Crippen MR) is 96.0 cm³/mol. The molecule has 0 aliphatic heterocycles. The number of thiophene rings is 1. The largest absolute Gasteiger partial charge is 0.276 e. The molecule has 2 N–H and O–H groups in total. The number of sulfonamides is 1. The average molecular weight is 383 g/mol. The molecule has 0 fully saturated rings. The highest BCUT2D eigenvalue weighted by Crippen LogP contribution is 2.32. The third-order valence-corrected chi connectivity index (χ3v) is 7.30. The van der Waals surface area contributed by atoms with E-state index in [9.17, 15) is 13.2 Å². The highest BCUT2D eigenvalue weighted by molar-refractivity contribution is 7.89. The van der Waals surface area contributed by atoms with Crippen molar-refractivity contribution in [3.05, 3.63) is 32.8 Å². The van der Waals surface area contributed by atoms with Crippen LogP contribution in [0.15, 0.2) is 11.0 Å². The van der Waals surface area contributed by atoms with Crippen LogP contribution in [0.5, 0.6) is 0 Å². The zero-order valence-corrected chi connectivity index (χ0v) is 16.3. The van der Waals surface area contributed by atoms with Gasteiger partial charge in [-0.1, -0.05) is 6.92 Å². The summed E-state index contributed by atoms with van der Waals surface area (Å²) in [6.45, 7) is 5.50. The molecule has 0 radical (unpaired) electrons. The number of carbonyl (C=O) groups is 1. The maximum atomic E-state index is 12.5. The fourth-order valence-corrected chi connectivity index (χ4v) is 5.57. The van der Waals surface area contributed by atoms with Gasteiger partial charge in [0.1, 0.15) is 4.90 Å². The van der Waals surface area contributed by atoms with Gasteiger partial charge in [0.05, 0.1) is 16.3 Å². The van der Waals surface area contributed by atoms with Crippen LogP contribution in [-0.4, -0.2) is 24.1 Å². The minimum Gasteiger partial charge on any atom is -0.273 e. The van der Waals surface area contributed by atoms with Crippen molar-refractivity contribution in [2.45, 2.75) is 44.9 Å². The molecule has 1 amide bonds. The van der Waals surface area contributed by atoms with E-state index in [2.05, 4.69) is 22.3 Å². The van der Waals surface area contributed by atoms with Gasteiger partial charge in [0.2, 0.25) is 0 Å². The highest BCUT2D eigenvalue weighted by atomic mass is 32.2. The smallest absolute Gasteiger partial charge is 0.273 e. The Hall–Kier alpha value is -1.71. The minimum atomic E-state index is -3.88. The van der Waals surface area contributed by atoms with Gasteiger partial charge < -0.3 is 0 Å². The van der Waals surface area contributed by atoms with Crippen LogP contribution in [0.25, 0.3) is 0 Å². The van der Waals surface area contributed by atoms with Crippen LogP contribution in [0, 0.1) is 19.8 Å². The van der Waals surface area contributed by atoms with Crippen LogP contribution in [0.4, 0.5) is 0 Å². The number of fused-ring (bicyclic) bond motifs is 1. The third kappa shape index (κ3) is 3.49. The molecule has 1 atom stereocenters. The molecular weight excluding hydrogens is 360 g/mol. The van der Waals surface area contributed by atoms with Gasteiger partial charge >= 0.3 is 0 Å². The van der Waals surface area contributed by atoms with Gasteiger partial charge in [0.25, 0.3) is 15.9 Å². The molecule has 9 heteroatoms. The van der Waals surface area contributed by atoms with E-state index >= 15 is 0 Å². The second kappa shape index (κ2) is 6.54. The lowest BCUT2D eigenvalue weighted by atomic mass is 9.90. The summed E-state index contributed by atoms with van der Waals surface area (Å²) in [6.07, 6.45) is 3.08. The van der Waals surface area contributed by atoms with Crippen molar-refractivity contribution in [3.63, 3.8) is 0 Å². The van der Waals surface area contributed by atoms with E-state index in [1.54, 1.807) is 20.9 Å². The van der Waals surface area contributed by atoms with Crippen LogP contribution in [0.2, 0.25) is 0 Å². The number of hydrogen-bond donors (Lipinski definition) is 2. The summed E-state index contributed by atoms with van der Waals surface area (Å²) in [5, 5.41) is 4.10. The Morgan fingerprint density at radius 1 is 1.40 bits per heavy atom. The molecule has 0 bridgehead atoms. The number of aryl methyl sites for hydroxylation is 3. The Labute approximate surface area is 151 Å². The van der Waals surface area contributed by atoms with Gasteiger partial charge in [-0.2, -0.15) is 5.10 Å². The van der Waals surface area contributed by atoms with Crippen molar-refractivity contribution in [3.8, 4) is 0 Å². The van der Waals surface area contributed by atoms with Gasteiger partial charge in [-0.3, -0.25) is 14.9 Å². The Balaban J connectivity index is 1.74. The van der Waals surface area contributed by atoms with Crippen LogP contribution in [0.3, 0.4) is 0 Å². The molecule has 1 aliphatic carbocycles. The Morgan fingerprint density at radius 2 is 2.12 bits per heavy atom. The van der Waals surface area contributed by atoms with Crippen LogP contribution in [0.1, 0.15) is 44.8 Å². The molecule has 0 spiro atoms. The molecule has 1 aliphatic rings. The Bertz CT molecular complexity index is 928. The van der Waals surface area contributed by atoms with Gasteiger partial charge in [-0.15, -0.1) is 16.2 Å². The SMILES string of the molecule is Cc1nn(C)c(C)c1S(=O)(=O)NNC(=O)c1cc2c(s1)CC[C@H](C)C2. The fraction of sp³-hybridized carbons (Fsp3) is 0.500. The second-order valence-electron chi connectivity index (χ2n) is 6.59. The molecule has 0 saturated heterocycles. The Kier molecular flexibility index (Phi) is 4.74. The van der Waals surface area contributed by atoms with E-state index in [1.165, 1.54) is 26.5 Å². The third-order valence-electron chi connectivity index (χ3n) is 4.56. The van der Waals surface area contributed by atoms with Gasteiger partial charge in [0.15, 0.2) is 0 Å². The lowest BCUT2D eigenvalue weighted by Crippen LogP contribution is -2.41. The standard InChI is InChI=1S/C16H22N4O3S2/c1-9-5-6-13-12(7-9)8-14(24-13)16(21)17-19-25(22,23)15-10(2)18-20(4)11(15)3/h8-9,19H,5-7H2,1-4H3,(H,17,21)/t9-/m0/s1. The maximum absolute atomic E-state index is 12.5. The molecule has 3 rings (SSSR count).